The standard InChI is InChI=1S/C20H26F2N6O/c1-26(10-15-8-17(29-25-15)14-2-3-14)16-11-28(12-16)19-9-18(23-13-24-19)27-6-4-20(21,22)5-7-27/h8-9,13-14,16H,2-7,10-12H2,1H3. The molecule has 1 saturated carbocycles. The van der Waals surface area contributed by atoms with E-state index in [0.717, 1.165) is 42.7 Å². The largest absolute Gasteiger partial charge is 0.361 e. The van der Waals surface area contributed by atoms with E-state index in [4.69, 9.17) is 4.52 Å². The van der Waals surface area contributed by atoms with Crippen LogP contribution >= 0.6 is 0 Å². The van der Waals surface area contributed by atoms with Crippen molar-refractivity contribution in [1.82, 2.24) is 20.0 Å². The van der Waals surface area contributed by atoms with Gasteiger partial charge in [0.1, 0.15) is 23.7 Å². The molecule has 2 aromatic rings. The van der Waals surface area contributed by atoms with Gasteiger partial charge < -0.3 is 14.3 Å². The molecule has 5 rings (SSSR count). The van der Waals surface area contributed by atoms with Gasteiger partial charge in [-0.1, -0.05) is 5.16 Å². The van der Waals surface area contributed by atoms with Crippen molar-refractivity contribution >= 4 is 11.6 Å². The Morgan fingerprint density at radius 3 is 2.48 bits per heavy atom. The molecule has 0 amide bonds. The highest BCUT2D eigenvalue weighted by molar-refractivity contribution is 5.52. The van der Waals surface area contributed by atoms with Gasteiger partial charge in [-0.25, -0.2) is 18.7 Å². The van der Waals surface area contributed by atoms with E-state index in [-0.39, 0.29) is 12.8 Å². The zero-order valence-corrected chi connectivity index (χ0v) is 16.6. The van der Waals surface area contributed by atoms with E-state index in [0.29, 0.717) is 25.0 Å². The first-order valence-electron chi connectivity index (χ1n) is 10.3. The SMILES string of the molecule is CN(Cc1cc(C2CC2)on1)C1CN(c2cc(N3CCC(F)(F)CC3)ncn2)C1. The molecule has 9 heteroatoms. The first kappa shape index (κ1) is 18.7. The van der Waals surface area contributed by atoms with Crippen molar-refractivity contribution in [2.75, 3.05) is 43.0 Å². The molecule has 29 heavy (non-hydrogen) atoms. The molecule has 0 N–H and O–H groups in total. The second kappa shape index (κ2) is 7.19. The van der Waals surface area contributed by atoms with Gasteiger partial charge in [-0.2, -0.15) is 0 Å². The lowest BCUT2D eigenvalue weighted by Gasteiger charge is -2.44. The maximum absolute atomic E-state index is 13.4. The van der Waals surface area contributed by atoms with Gasteiger partial charge in [0.25, 0.3) is 5.92 Å². The van der Waals surface area contributed by atoms with Gasteiger partial charge in [0, 0.05) is 69.7 Å². The minimum Gasteiger partial charge on any atom is -0.361 e. The number of alkyl halides is 2. The number of nitrogens with zero attached hydrogens (tertiary/aromatic N) is 6. The summed E-state index contributed by atoms with van der Waals surface area (Å²) in [6, 6.07) is 4.42. The molecular weight excluding hydrogens is 378 g/mol. The summed E-state index contributed by atoms with van der Waals surface area (Å²) in [4.78, 5) is 15.1. The van der Waals surface area contributed by atoms with Crippen LogP contribution in [0.4, 0.5) is 20.4 Å². The summed E-state index contributed by atoms with van der Waals surface area (Å²) in [6.45, 7) is 3.17. The molecule has 0 atom stereocenters. The van der Waals surface area contributed by atoms with Crippen LogP contribution in [-0.2, 0) is 6.54 Å². The molecule has 0 unspecified atom stereocenters. The number of halogens is 2. The summed E-state index contributed by atoms with van der Waals surface area (Å²) in [7, 11) is 2.10. The average Bonchev–Trinajstić information content (AvgIpc) is 3.40. The van der Waals surface area contributed by atoms with Crippen molar-refractivity contribution in [3.8, 4) is 0 Å². The molecule has 0 spiro atoms. The van der Waals surface area contributed by atoms with E-state index in [1.54, 1.807) is 0 Å². The Bertz CT molecular complexity index is 854. The summed E-state index contributed by atoms with van der Waals surface area (Å²) >= 11 is 0. The van der Waals surface area contributed by atoms with Crippen LogP contribution in [-0.4, -0.2) is 65.2 Å². The maximum atomic E-state index is 13.4. The zero-order valence-electron chi connectivity index (χ0n) is 16.6. The van der Waals surface area contributed by atoms with Crippen molar-refractivity contribution in [3.05, 3.63) is 29.9 Å². The normalized spacial score (nSPS) is 22.2. The van der Waals surface area contributed by atoms with Crippen LogP contribution < -0.4 is 9.80 Å². The molecular formula is C20H26F2N6O. The second-order valence-corrected chi connectivity index (χ2v) is 8.55. The molecule has 3 fully saturated rings. The summed E-state index contributed by atoms with van der Waals surface area (Å²) in [5.74, 6) is 0.642. The number of aromatic nitrogens is 3. The molecule has 0 radical (unpaired) electrons. The fraction of sp³-hybridized carbons (Fsp3) is 0.650. The Hall–Kier alpha value is -2.29. The van der Waals surface area contributed by atoms with E-state index in [9.17, 15) is 8.78 Å². The first-order valence-corrected chi connectivity index (χ1v) is 10.3. The Labute approximate surface area is 168 Å². The molecule has 2 aromatic heterocycles. The number of hydrogen-bond donors (Lipinski definition) is 0. The summed E-state index contributed by atoms with van der Waals surface area (Å²) in [5, 5.41) is 4.20. The van der Waals surface area contributed by atoms with Gasteiger partial charge in [0.2, 0.25) is 0 Å². The monoisotopic (exact) mass is 404 g/mol. The van der Waals surface area contributed by atoms with E-state index in [1.165, 1.54) is 19.2 Å². The predicted molar refractivity (Wildman–Crippen MR) is 104 cm³/mol. The van der Waals surface area contributed by atoms with Gasteiger partial charge in [-0.05, 0) is 19.9 Å². The molecule has 2 aliphatic heterocycles. The van der Waals surface area contributed by atoms with Gasteiger partial charge >= 0.3 is 0 Å². The van der Waals surface area contributed by atoms with Crippen LogP contribution in [0.2, 0.25) is 0 Å². The molecule has 1 aliphatic carbocycles. The third kappa shape index (κ3) is 4.05. The Kier molecular flexibility index (Phi) is 4.64. The third-order valence-electron chi connectivity index (χ3n) is 6.24. The number of rotatable bonds is 6. The second-order valence-electron chi connectivity index (χ2n) is 8.55. The minimum atomic E-state index is -2.55. The fourth-order valence-electron chi connectivity index (χ4n) is 4.01. The summed E-state index contributed by atoms with van der Waals surface area (Å²) < 4.78 is 32.2. The van der Waals surface area contributed by atoms with E-state index < -0.39 is 5.92 Å². The predicted octanol–water partition coefficient (Wildman–Crippen LogP) is 2.90. The molecule has 0 aromatic carbocycles. The molecule has 3 aliphatic rings. The number of anilines is 2. The van der Waals surface area contributed by atoms with Crippen LogP contribution in [0.3, 0.4) is 0 Å². The van der Waals surface area contributed by atoms with Crippen LogP contribution in [0.1, 0.15) is 43.1 Å². The molecule has 156 valence electrons. The highest BCUT2D eigenvalue weighted by atomic mass is 19.3. The summed E-state index contributed by atoms with van der Waals surface area (Å²) in [5.41, 5.74) is 0.985. The van der Waals surface area contributed by atoms with Crippen LogP contribution in [0.5, 0.6) is 0 Å². The van der Waals surface area contributed by atoms with Gasteiger partial charge in [0.15, 0.2) is 0 Å². The van der Waals surface area contributed by atoms with Crippen molar-refractivity contribution < 1.29 is 13.3 Å². The molecule has 2 saturated heterocycles. The summed E-state index contributed by atoms with van der Waals surface area (Å²) in [6.07, 6.45) is 3.72. The lowest BCUT2D eigenvalue weighted by molar-refractivity contribution is -0.0221. The van der Waals surface area contributed by atoms with Crippen LogP contribution in [0, 0.1) is 0 Å². The highest BCUT2D eigenvalue weighted by Crippen LogP contribution is 2.40. The molecule has 7 nitrogen and oxygen atoms in total. The number of piperidine rings is 1. The minimum absolute atomic E-state index is 0.118. The lowest BCUT2D eigenvalue weighted by Crippen LogP contribution is -2.58. The average molecular weight is 404 g/mol. The third-order valence-corrected chi connectivity index (χ3v) is 6.24. The van der Waals surface area contributed by atoms with E-state index in [1.807, 2.05) is 11.0 Å². The highest BCUT2D eigenvalue weighted by Gasteiger charge is 2.35. The maximum Gasteiger partial charge on any atom is 0.251 e. The smallest absolute Gasteiger partial charge is 0.251 e. The number of hydrogen-bond acceptors (Lipinski definition) is 7. The lowest BCUT2D eigenvalue weighted by atomic mass is 10.1. The molecule has 0 bridgehead atoms. The van der Waals surface area contributed by atoms with Gasteiger partial charge in [0.05, 0.1) is 5.69 Å². The van der Waals surface area contributed by atoms with Crippen molar-refractivity contribution in [2.24, 2.45) is 0 Å². The van der Waals surface area contributed by atoms with E-state index in [2.05, 4.69) is 38.0 Å². The zero-order chi connectivity index (χ0) is 20.0. The topological polar surface area (TPSA) is 61.5 Å². The number of likely N-dealkylation sites (N-methyl/N-ethyl adjacent to an activating group) is 1. The quantitative estimate of drug-likeness (QED) is 0.734. The van der Waals surface area contributed by atoms with Crippen molar-refractivity contribution in [2.45, 2.75) is 50.1 Å². The fourth-order valence-corrected chi connectivity index (χ4v) is 4.01. The first-order chi connectivity index (χ1) is 14.0. The molecule has 4 heterocycles. The Morgan fingerprint density at radius 2 is 1.79 bits per heavy atom. The van der Waals surface area contributed by atoms with E-state index >= 15 is 0 Å². The van der Waals surface area contributed by atoms with Crippen LogP contribution in [0.25, 0.3) is 0 Å². The van der Waals surface area contributed by atoms with Gasteiger partial charge in [-0.15, -0.1) is 0 Å². The van der Waals surface area contributed by atoms with Crippen molar-refractivity contribution in [1.29, 1.82) is 0 Å². The van der Waals surface area contributed by atoms with Gasteiger partial charge in [-0.3, -0.25) is 4.90 Å². The van der Waals surface area contributed by atoms with Crippen molar-refractivity contribution in [3.63, 3.8) is 0 Å². The van der Waals surface area contributed by atoms with Crippen LogP contribution in [0.15, 0.2) is 23.0 Å². The Morgan fingerprint density at radius 1 is 1.10 bits per heavy atom. The Balaban J connectivity index is 1.15.